The summed E-state index contributed by atoms with van der Waals surface area (Å²) in [6.45, 7) is 8.63. The van der Waals surface area contributed by atoms with Gasteiger partial charge in [0.2, 0.25) is 0 Å². The number of aromatic amines is 1. The first-order valence-corrected chi connectivity index (χ1v) is 13.9. The summed E-state index contributed by atoms with van der Waals surface area (Å²) in [6.07, 6.45) is 19.6. The average Bonchev–Trinajstić information content (AvgIpc) is 3.59. The zero-order valence-electron chi connectivity index (χ0n) is 21.7. The minimum atomic E-state index is -0.137. The fraction of sp³-hybridized carbons (Fsp3) is 0.741. The molecule has 0 bridgehead atoms. The van der Waals surface area contributed by atoms with E-state index in [9.17, 15) is 4.79 Å². The molecular formula is C27H45N7O. The zero-order valence-corrected chi connectivity index (χ0v) is 21.7. The zero-order chi connectivity index (χ0) is 24.5. The van der Waals surface area contributed by atoms with Crippen LogP contribution in [0.25, 0.3) is 0 Å². The lowest BCUT2D eigenvalue weighted by molar-refractivity contribution is 0.0930. The number of imidazole rings is 2. The summed E-state index contributed by atoms with van der Waals surface area (Å²) >= 11 is 0. The van der Waals surface area contributed by atoms with E-state index in [2.05, 4.69) is 48.9 Å². The van der Waals surface area contributed by atoms with Gasteiger partial charge in [0, 0.05) is 42.9 Å². The third-order valence-corrected chi connectivity index (χ3v) is 7.98. The van der Waals surface area contributed by atoms with Gasteiger partial charge in [0.05, 0.1) is 6.54 Å². The Labute approximate surface area is 210 Å². The van der Waals surface area contributed by atoms with Crippen LogP contribution in [0.5, 0.6) is 0 Å². The maximum Gasteiger partial charge on any atom is 0.287 e. The van der Waals surface area contributed by atoms with Crippen LogP contribution >= 0.6 is 0 Å². The molecule has 0 saturated heterocycles. The molecule has 3 N–H and O–H groups in total. The number of nitrogens with zero attached hydrogens (tertiary/aromatic N) is 4. The lowest BCUT2D eigenvalue weighted by Crippen LogP contribution is -2.44. The molecule has 2 aromatic rings. The molecule has 2 aliphatic carbocycles. The third-order valence-electron chi connectivity index (χ3n) is 7.98. The first kappa shape index (κ1) is 25.9. The van der Waals surface area contributed by atoms with Crippen molar-refractivity contribution in [1.82, 2.24) is 35.1 Å². The van der Waals surface area contributed by atoms with E-state index in [1.165, 1.54) is 64.5 Å². The van der Waals surface area contributed by atoms with E-state index in [-0.39, 0.29) is 5.91 Å². The molecule has 0 radical (unpaired) electrons. The molecule has 0 spiro atoms. The monoisotopic (exact) mass is 483 g/mol. The van der Waals surface area contributed by atoms with Crippen molar-refractivity contribution in [1.29, 1.82) is 0 Å². The standard InChI is InChI=1S/C27H45N7O/c1-3-16-33(17-4-2)23-11-7-22(8-12-23)31-19-21-5-9-24(10-6-21)34-18-15-30-26(34)27(35)32-20-25-28-13-14-29-25/h13-15,18,21-24,31H,3-12,16-17,19-20H2,1-2H3,(H,28,29)(H,32,35). The minimum absolute atomic E-state index is 0.137. The normalized spacial score (nSPS) is 25.1. The molecule has 0 aliphatic heterocycles. The van der Waals surface area contributed by atoms with E-state index in [0.717, 1.165) is 37.2 Å². The molecule has 1 amide bonds. The van der Waals surface area contributed by atoms with Crippen molar-refractivity contribution < 1.29 is 4.79 Å². The van der Waals surface area contributed by atoms with Crippen molar-refractivity contribution in [2.75, 3.05) is 19.6 Å². The van der Waals surface area contributed by atoms with Gasteiger partial charge >= 0.3 is 0 Å². The summed E-state index contributed by atoms with van der Waals surface area (Å²) in [7, 11) is 0. The van der Waals surface area contributed by atoms with Crippen LogP contribution in [0.2, 0.25) is 0 Å². The van der Waals surface area contributed by atoms with Crippen LogP contribution in [0.15, 0.2) is 24.8 Å². The Hall–Kier alpha value is -2.19. The van der Waals surface area contributed by atoms with Gasteiger partial charge in [0.15, 0.2) is 5.82 Å². The number of H-pyrrole nitrogens is 1. The number of amides is 1. The van der Waals surface area contributed by atoms with Gasteiger partial charge in [-0.3, -0.25) is 4.79 Å². The quantitative estimate of drug-likeness (QED) is 0.419. The maximum atomic E-state index is 12.7. The molecule has 2 saturated carbocycles. The van der Waals surface area contributed by atoms with Gasteiger partial charge in [0.1, 0.15) is 5.82 Å². The fourth-order valence-electron chi connectivity index (χ4n) is 6.08. The Morgan fingerprint density at radius 2 is 1.77 bits per heavy atom. The molecule has 2 aromatic heterocycles. The Balaban J connectivity index is 1.17. The highest BCUT2D eigenvalue weighted by Gasteiger charge is 2.28. The van der Waals surface area contributed by atoms with Gasteiger partial charge < -0.3 is 25.1 Å². The lowest BCUT2D eigenvalue weighted by Gasteiger charge is -2.38. The molecule has 0 unspecified atom stereocenters. The van der Waals surface area contributed by atoms with Gasteiger partial charge in [-0.25, -0.2) is 9.97 Å². The van der Waals surface area contributed by atoms with Crippen molar-refractivity contribution in [3.8, 4) is 0 Å². The van der Waals surface area contributed by atoms with E-state index < -0.39 is 0 Å². The number of carbonyl (C=O) groups excluding carboxylic acids is 1. The van der Waals surface area contributed by atoms with Crippen LogP contribution in [-0.4, -0.2) is 62.0 Å². The number of carbonyl (C=O) groups is 1. The van der Waals surface area contributed by atoms with E-state index in [1.54, 1.807) is 18.6 Å². The first-order chi connectivity index (χ1) is 17.2. The summed E-state index contributed by atoms with van der Waals surface area (Å²) in [6, 6.07) is 1.84. The van der Waals surface area contributed by atoms with Crippen molar-refractivity contribution in [3.05, 3.63) is 36.4 Å². The van der Waals surface area contributed by atoms with Crippen LogP contribution in [0.3, 0.4) is 0 Å². The van der Waals surface area contributed by atoms with Crippen molar-refractivity contribution >= 4 is 5.91 Å². The first-order valence-electron chi connectivity index (χ1n) is 13.9. The molecule has 0 aromatic carbocycles. The van der Waals surface area contributed by atoms with E-state index in [4.69, 9.17) is 0 Å². The van der Waals surface area contributed by atoms with Crippen LogP contribution in [0, 0.1) is 5.92 Å². The smallest absolute Gasteiger partial charge is 0.287 e. The summed E-state index contributed by atoms with van der Waals surface area (Å²) < 4.78 is 2.08. The predicted molar refractivity (Wildman–Crippen MR) is 139 cm³/mol. The highest BCUT2D eigenvalue weighted by Crippen LogP contribution is 2.33. The maximum absolute atomic E-state index is 12.7. The number of rotatable bonds is 12. The van der Waals surface area contributed by atoms with E-state index in [0.29, 0.717) is 24.5 Å². The Kier molecular flexibility index (Phi) is 9.77. The second-order valence-electron chi connectivity index (χ2n) is 10.5. The molecule has 35 heavy (non-hydrogen) atoms. The van der Waals surface area contributed by atoms with Crippen LogP contribution in [0.4, 0.5) is 0 Å². The van der Waals surface area contributed by atoms with Gasteiger partial charge in [-0.2, -0.15) is 0 Å². The van der Waals surface area contributed by atoms with Crippen LogP contribution in [0.1, 0.15) is 101 Å². The second kappa shape index (κ2) is 13.2. The molecule has 2 aliphatic rings. The minimum Gasteiger partial charge on any atom is -0.347 e. The summed E-state index contributed by atoms with van der Waals surface area (Å²) in [5.41, 5.74) is 0. The third kappa shape index (κ3) is 7.17. The number of nitrogens with one attached hydrogen (secondary N) is 3. The number of hydrogen-bond acceptors (Lipinski definition) is 5. The number of hydrogen-bond donors (Lipinski definition) is 3. The largest absolute Gasteiger partial charge is 0.347 e. The highest BCUT2D eigenvalue weighted by atomic mass is 16.2. The number of aromatic nitrogens is 4. The topological polar surface area (TPSA) is 90.9 Å². The second-order valence-corrected chi connectivity index (χ2v) is 10.5. The van der Waals surface area contributed by atoms with Crippen LogP contribution in [-0.2, 0) is 6.54 Å². The molecule has 0 atom stereocenters. The Morgan fingerprint density at radius 3 is 2.43 bits per heavy atom. The molecule has 4 rings (SSSR count). The van der Waals surface area contributed by atoms with Gasteiger partial charge in [-0.05, 0) is 89.8 Å². The Bertz CT molecular complexity index is 858. The van der Waals surface area contributed by atoms with Gasteiger partial charge in [-0.15, -0.1) is 0 Å². The van der Waals surface area contributed by atoms with Crippen molar-refractivity contribution in [3.63, 3.8) is 0 Å². The molecule has 194 valence electrons. The summed E-state index contributed by atoms with van der Waals surface area (Å²) in [5, 5.41) is 6.84. The van der Waals surface area contributed by atoms with Crippen molar-refractivity contribution in [2.24, 2.45) is 5.92 Å². The molecule has 2 heterocycles. The van der Waals surface area contributed by atoms with Gasteiger partial charge in [0.25, 0.3) is 5.91 Å². The van der Waals surface area contributed by atoms with Crippen LogP contribution < -0.4 is 10.6 Å². The van der Waals surface area contributed by atoms with E-state index in [1.807, 2.05) is 6.20 Å². The van der Waals surface area contributed by atoms with E-state index >= 15 is 0 Å². The van der Waals surface area contributed by atoms with Crippen molar-refractivity contribution in [2.45, 2.75) is 103 Å². The molecule has 8 heteroatoms. The summed E-state index contributed by atoms with van der Waals surface area (Å²) in [5.74, 6) is 1.86. The highest BCUT2D eigenvalue weighted by molar-refractivity contribution is 5.90. The SMILES string of the molecule is CCCN(CCC)C1CCC(NCC2CCC(n3ccnc3C(=O)NCc3ncc[nH]3)CC2)CC1. The average molecular weight is 484 g/mol. The summed E-state index contributed by atoms with van der Waals surface area (Å²) in [4.78, 5) is 27.0. The Morgan fingerprint density at radius 1 is 1.03 bits per heavy atom. The molecular weight excluding hydrogens is 438 g/mol. The fourth-order valence-corrected chi connectivity index (χ4v) is 6.08. The molecule has 2 fully saturated rings. The molecule has 8 nitrogen and oxygen atoms in total. The van der Waals surface area contributed by atoms with Gasteiger partial charge in [-0.1, -0.05) is 13.8 Å². The lowest BCUT2D eigenvalue weighted by atomic mass is 9.84. The predicted octanol–water partition coefficient (Wildman–Crippen LogP) is 4.29.